The van der Waals surface area contributed by atoms with Gasteiger partial charge in [-0.05, 0) is 5.92 Å². The standard InChI is InChI=1S/C6H9F2N3/c1-4(2)5-3-9-11(10-5)6(7)8/h3-4,6H,1-2H3. The Kier molecular flexibility index (Phi) is 2.16. The number of rotatable bonds is 2. The lowest BCUT2D eigenvalue weighted by Gasteiger charge is -1.96. The molecule has 0 unspecified atom stereocenters. The van der Waals surface area contributed by atoms with Gasteiger partial charge in [-0.25, -0.2) is 0 Å². The number of halogens is 2. The monoisotopic (exact) mass is 161 g/mol. The summed E-state index contributed by atoms with van der Waals surface area (Å²) >= 11 is 0. The van der Waals surface area contributed by atoms with Crippen LogP contribution in [-0.4, -0.2) is 15.0 Å². The normalized spacial score (nSPS) is 11.5. The van der Waals surface area contributed by atoms with Crippen molar-refractivity contribution < 1.29 is 8.78 Å². The van der Waals surface area contributed by atoms with Gasteiger partial charge in [0.1, 0.15) is 0 Å². The summed E-state index contributed by atoms with van der Waals surface area (Å²) in [4.78, 5) is 0.412. The van der Waals surface area contributed by atoms with E-state index in [1.807, 2.05) is 13.8 Å². The van der Waals surface area contributed by atoms with E-state index >= 15 is 0 Å². The minimum Gasteiger partial charge on any atom is -0.182 e. The molecular formula is C6H9F2N3. The minimum atomic E-state index is -2.64. The van der Waals surface area contributed by atoms with Crippen LogP contribution in [-0.2, 0) is 0 Å². The van der Waals surface area contributed by atoms with Crippen LogP contribution in [0.1, 0.15) is 32.0 Å². The Balaban J connectivity index is 2.82. The molecule has 5 heteroatoms. The van der Waals surface area contributed by atoms with Crippen molar-refractivity contribution in [3.8, 4) is 0 Å². The maximum absolute atomic E-state index is 11.9. The zero-order valence-electron chi connectivity index (χ0n) is 6.33. The quantitative estimate of drug-likeness (QED) is 0.662. The Bertz CT molecular complexity index is 209. The molecule has 1 aromatic heterocycles. The summed E-state index contributed by atoms with van der Waals surface area (Å²) in [6.07, 6.45) is 1.36. The minimum absolute atomic E-state index is 0.141. The molecule has 0 atom stereocenters. The maximum atomic E-state index is 11.9. The van der Waals surface area contributed by atoms with Gasteiger partial charge >= 0.3 is 6.55 Å². The van der Waals surface area contributed by atoms with E-state index in [0.717, 1.165) is 0 Å². The van der Waals surface area contributed by atoms with Crippen LogP contribution >= 0.6 is 0 Å². The highest BCUT2D eigenvalue weighted by atomic mass is 19.3. The zero-order chi connectivity index (χ0) is 8.43. The molecule has 0 aliphatic heterocycles. The Morgan fingerprint density at radius 3 is 2.36 bits per heavy atom. The van der Waals surface area contributed by atoms with Crippen LogP contribution in [0.2, 0.25) is 0 Å². The van der Waals surface area contributed by atoms with Crippen LogP contribution in [0.15, 0.2) is 6.20 Å². The molecule has 0 radical (unpaired) electrons. The summed E-state index contributed by atoms with van der Waals surface area (Å²) < 4.78 is 23.8. The first-order chi connectivity index (χ1) is 5.11. The topological polar surface area (TPSA) is 30.7 Å². The molecule has 0 fully saturated rings. The molecule has 3 nitrogen and oxygen atoms in total. The number of hydrogen-bond acceptors (Lipinski definition) is 2. The lowest BCUT2D eigenvalue weighted by molar-refractivity contribution is 0.0409. The van der Waals surface area contributed by atoms with Gasteiger partial charge in [0.15, 0.2) is 0 Å². The molecule has 0 N–H and O–H groups in total. The molecule has 62 valence electrons. The smallest absolute Gasteiger partial charge is 0.182 e. The molecule has 0 bridgehead atoms. The number of aromatic nitrogens is 3. The van der Waals surface area contributed by atoms with E-state index in [2.05, 4.69) is 10.2 Å². The van der Waals surface area contributed by atoms with Gasteiger partial charge in [0.2, 0.25) is 0 Å². The van der Waals surface area contributed by atoms with E-state index in [4.69, 9.17) is 0 Å². The molecule has 0 saturated carbocycles. The van der Waals surface area contributed by atoms with E-state index < -0.39 is 6.55 Å². The van der Waals surface area contributed by atoms with Crippen molar-refractivity contribution in [2.24, 2.45) is 0 Å². The average Bonchev–Trinajstić information content (AvgIpc) is 2.33. The molecule has 0 aliphatic carbocycles. The Morgan fingerprint density at radius 1 is 1.45 bits per heavy atom. The first-order valence-corrected chi connectivity index (χ1v) is 3.31. The van der Waals surface area contributed by atoms with Gasteiger partial charge < -0.3 is 0 Å². The summed E-state index contributed by atoms with van der Waals surface area (Å²) in [6, 6.07) is 0. The van der Waals surface area contributed by atoms with Crippen LogP contribution in [0.5, 0.6) is 0 Å². The van der Waals surface area contributed by atoms with Gasteiger partial charge in [0.25, 0.3) is 0 Å². The number of nitrogens with zero attached hydrogens (tertiary/aromatic N) is 3. The van der Waals surface area contributed by atoms with Gasteiger partial charge in [-0.3, -0.25) is 0 Å². The maximum Gasteiger partial charge on any atom is 0.348 e. The second-order valence-electron chi connectivity index (χ2n) is 2.52. The van der Waals surface area contributed by atoms with Gasteiger partial charge in [0.05, 0.1) is 11.9 Å². The number of alkyl halides is 2. The fourth-order valence-electron chi connectivity index (χ4n) is 0.647. The fraction of sp³-hybridized carbons (Fsp3) is 0.667. The fourth-order valence-corrected chi connectivity index (χ4v) is 0.647. The molecule has 0 amide bonds. The van der Waals surface area contributed by atoms with Crippen molar-refractivity contribution in [1.29, 1.82) is 0 Å². The molecule has 1 aromatic rings. The van der Waals surface area contributed by atoms with Gasteiger partial charge in [-0.1, -0.05) is 13.8 Å². The van der Waals surface area contributed by atoms with Gasteiger partial charge in [-0.2, -0.15) is 19.0 Å². The third kappa shape index (κ3) is 1.72. The zero-order valence-corrected chi connectivity index (χ0v) is 6.33. The second kappa shape index (κ2) is 2.94. The summed E-state index contributed by atoms with van der Waals surface area (Å²) in [6.45, 7) is 1.11. The van der Waals surface area contributed by atoms with E-state index in [-0.39, 0.29) is 5.92 Å². The summed E-state index contributed by atoms with van der Waals surface area (Å²) in [5.41, 5.74) is 0.588. The first-order valence-electron chi connectivity index (χ1n) is 3.31. The predicted molar refractivity (Wildman–Crippen MR) is 35.4 cm³/mol. The van der Waals surface area contributed by atoms with E-state index in [1.54, 1.807) is 0 Å². The Hall–Kier alpha value is -1.00. The molecule has 0 spiro atoms. The first kappa shape index (κ1) is 8.10. The Labute approximate surface area is 63.0 Å². The summed E-state index contributed by atoms with van der Waals surface area (Å²) in [5, 5.41) is 6.96. The lowest BCUT2D eigenvalue weighted by Crippen LogP contribution is -2.02. The Morgan fingerprint density at radius 2 is 2.09 bits per heavy atom. The van der Waals surface area contributed by atoms with Crippen LogP contribution in [0.4, 0.5) is 8.78 Å². The molecule has 0 aliphatic rings. The second-order valence-corrected chi connectivity index (χ2v) is 2.52. The van der Waals surface area contributed by atoms with E-state index in [0.29, 0.717) is 10.5 Å². The van der Waals surface area contributed by atoms with Crippen molar-refractivity contribution in [3.63, 3.8) is 0 Å². The van der Waals surface area contributed by atoms with E-state index in [1.165, 1.54) is 6.20 Å². The van der Waals surface area contributed by atoms with Crippen molar-refractivity contribution >= 4 is 0 Å². The van der Waals surface area contributed by atoms with Crippen LogP contribution in [0.25, 0.3) is 0 Å². The number of hydrogen-bond donors (Lipinski definition) is 0. The van der Waals surface area contributed by atoms with Gasteiger partial charge in [-0.15, -0.1) is 4.80 Å². The van der Waals surface area contributed by atoms with Crippen molar-refractivity contribution in [1.82, 2.24) is 15.0 Å². The van der Waals surface area contributed by atoms with E-state index in [9.17, 15) is 8.78 Å². The molecule has 1 heterocycles. The summed E-state index contributed by atoms with van der Waals surface area (Å²) in [5.74, 6) is 0.141. The highest BCUT2D eigenvalue weighted by Gasteiger charge is 2.10. The third-order valence-corrected chi connectivity index (χ3v) is 1.29. The van der Waals surface area contributed by atoms with Crippen LogP contribution in [0, 0.1) is 0 Å². The van der Waals surface area contributed by atoms with Crippen LogP contribution in [0.3, 0.4) is 0 Å². The molecule has 0 saturated heterocycles. The molecule has 11 heavy (non-hydrogen) atoms. The van der Waals surface area contributed by atoms with Crippen molar-refractivity contribution in [2.45, 2.75) is 26.3 Å². The molecular weight excluding hydrogens is 152 g/mol. The third-order valence-electron chi connectivity index (χ3n) is 1.29. The van der Waals surface area contributed by atoms with Crippen LogP contribution < -0.4 is 0 Å². The van der Waals surface area contributed by atoms with Crippen molar-refractivity contribution in [2.75, 3.05) is 0 Å². The van der Waals surface area contributed by atoms with Gasteiger partial charge in [0, 0.05) is 0 Å². The van der Waals surface area contributed by atoms with Crippen molar-refractivity contribution in [3.05, 3.63) is 11.9 Å². The highest BCUT2D eigenvalue weighted by molar-refractivity contribution is 4.97. The SMILES string of the molecule is CC(C)c1cnn(C(F)F)n1. The molecule has 0 aromatic carbocycles. The molecule has 1 rings (SSSR count). The largest absolute Gasteiger partial charge is 0.348 e. The average molecular weight is 161 g/mol. The highest BCUT2D eigenvalue weighted by Crippen LogP contribution is 2.12. The summed E-state index contributed by atoms with van der Waals surface area (Å²) in [7, 11) is 0. The predicted octanol–water partition coefficient (Wildman–Crippen LogP) is 1.80. The lowest BCUT2D eigenvalue weighted by atomic mass is 10.2.